The minimum Gasteiger partial charge on any atom is -0.355 e. The van der Waals surface area contributed by atoms with Crippen LogP contribution in [0.2, 0.25) is 0 Å². The lowest BCUT2D eigenvalue weighted by atomic mass is 10.0. The van der Waals surface area contributed by atoms with E-state index in [1.165, 1.54) is 25.2 Å². The average molecular weight is 152 g/mol. The van der Waals surface area contributed by atoms with Crippen LogP contribution in [0.3, 0.4) is 0 Å². The Morgan fingerprint density at radius 2 is 2.36 bits per heavy atom. The van der Waals surface area contributed by atoms with Crippen LogP contribution in [0, 0.1) is 5.92 Å². The molecule has 0 radical (unpaired) electrons. The first-order chi connectivity index (χ1) is 5.29. The van der Waals surface area contributed by atoms with Crippen molar-refractivity contribution in [3.05, 3.63) is 0 Å². The molecule has 0 saturated carbocycles. The Hall–Kier alpha value is -0.530. The standard InChI is InChI=1S/C9H16N2/c1-7(2)8-3-4-9-10-5-6-11(8)9/h7-8H,3-6H2,1-2H3. The Bertz CT molecular complexity index is 184. The maximum atomic E-state index is 4.47. The molecule has 2 heteroatoms. The topological polar surface area (TPSA) is 15.6 Å². The summed E-state index contributed by atoms with van der Waals surface area (Å²) in [5, 5.41) is 0. The fourth-order valence-corrected chi connectivity index (χ4v) is 2.21. The minimum absolute atomic E-state index is 0.788. The van der Waals surface area contributed by atoms with Crippen LogP contribution >= 0.6 is 0 Å². The monoisotopic (exact) mass is 152 g/mol. The molecule has 2 aliphatic rings. The van der Waals surface area contributed by atoms with Crippen molar-refractivity contribution in [3.8, 4) is 0 Å². The van der Waals surface area contributed by atoms with E-state index in [2.05, 4.69) is 23.7 Å². The van der Waals surface area contributed by atoms with Gasteiger partial charge in [0.1, 0.15) is 0 Å². The zero-order valence-electron chi connectivity index (χ0n) is 7.38. The predicted molar refractivity (Wildman–Crippen MR) is 46.9 cm³/mol. The van der Waals surface area contributed by atoms with Crippen molar-refractivity contribution in [2.45, 2.75) is 32.7 Å². The first-order valence-electron chi connectivity index (χ1n) is 4.59. The number of rotatable bonds is 1. The Morgan fingerprint density at radius 3 is 3.09 bits per heavy atom. The molecule has 0 spiro atoms. The van der Waals surface area contributed by atoms with Crippen molar-refractivity contribution in [1.82, 2.24) is 4.90 Å². The van der Waals surface area contributed by atoms with Gasteiger partial charge in [-0.2, -0.15) is 0 Å². The van der Waals surface area contributed by atoms with Gasteiger partial charge in [-0.15, -0.1) is 0 Å². The van der Waals surface area contributed by atoms with Gasteiger partial charge in [0.15, 0.2) is 0 Å². The summed E-state index contributed by atoms with van der Waals surface area (Å²) in [6.45, 7) is 6.84. The summed E-state index contributed by atoms with van der Waals surface area (Å²) < 4.78 is 0. The highest BCUT2D eigenvalue weighted by molar-refractivity contribution is 5.86. The quantitative estimate of drug-likeness (QED) is 0.556. The molecule has 0 aliphatic carbocycles. The molecule has 2 nitrogen and oxygen atoms in total. The Labute approximate surface area is 68.3 Å². The summed E-state index contributed by atoms with van der Waals surface area (Å²) in [5.74, 6) is 2.17. The fraction of sp³-hybridized carbons (Fsp3) is 0.889. The van der Waals surface area contributed by atoms with Crippen LogP contribution in [-0.2, 0) is 0 Å². The molecule has 0 aromatic rings. The van der Waals surface area contributed by atoms with E-state index in [0.29, 0.717) is 0 Å². The lowest BCUT2D eigenvalue weighted by molar-refractivity contribution is 0.285. The predicted octanol–water partition coefficient (Wildman–Crippen LogP) is 1.52. The second kappa shape index (κ2) is 2.50. The highest BCUT2D eigenvalue weighted by atomic mass is 15.3. The maximum absolute atomic E-state index is 4.47. The van der Waals surface area contributed by atoms with Crippen molar-refractivity contribution < 1.29 is 0 Å². The van der Waals surface area contributed by atoms with Crippen LogP contribution in [0.5, 0.6) is 0 Å². The number of aliphatic imine (C=N–C) groups is 1. The SMILES string of the molecule is CC(C)C1CCC2=NCCN21. The average Bonchev–Trinajstić information content (AvgIpc) is 2.41. The smallest absolute Gasteiger partial charge is 0.0993 e. The van der Waals surface area contributed by atoms with Crippen molar-refractivity contribution in [3.63, 3.8) is 0 Å². The number of amidine groups is 1. The van der Waals surface area contributed by atoms with Crippen molar-refractivity contribution >= 4 is 5.84 Å². The first kappa shape index (κ1) is 7.14. The molecule has 1 unspecified atom stereocenters. The molecule has 2 heterocycles. The van der Waals surface area contributed by atoms with Crippen molar-refractivity contribution in [2.24, 2.45) is 10.9 Å². The number of hydrogen-bond donors (Lipinski definition) is 0. The molecule has 0 aromatic carbocycles. The summed E-state index contributed by atoms with van der Waals surface area (Å²) >= 11 is 0. The molecule has 62 valence electrons. The van der Waals surface area contributed by atoms with Gasteiger partial charge >= 0.3 is 0 Å². The van der Waals surface area contributed by atoms with Gasteiger partial charge in [-0.1, -0.05) is 13.8 Å². The van der Waals surface area contributed by atoms with Gasteiger partial charge in [-0.25, -0.2) is 0 Å². The van der Waals surface area contributed by atoms with Crippen LogP contribution in [-0.4, -0.2) is 29.9 Å². The second-order valence-corrected chi connectivity index (χ2v) is 3.84. The summed E-state index contributed by atoms with van der Waals surface area (Å²) in [7, 11) is 0. The summed E-state index contributed by atoms with van der Waals surface area (Å²) in [4.78, 5) is 6.98. The van der Waals surface area contributed by atoms with Gasteiger partial charge in [-0.05, 0) is 12.3 Å². The van der Waals surface area contributed by atoms with Crippen LogP contribution in [0.15, 0.2) is 4.99 Å². The van der Waals surface area contributed by atoms with Crippen molar-refractivity contribution in [2.75, 3.05) is 13.1 Å². The highest BCUT2D eigenvalue weighted by Crippen LogP contribution is 2.27. The third-order valence-electron chi connectivity index (χ3n) is 2.80. The molecule has 0 bridgehead atoms. The van der Waals surface area contributed by atoms with Crippen LogP contribution in [0.4, 0.5) is 0 Å². The van der Waals surface area contributed by atoms with Crippen molar-refractivity contribution in [1.29, 1.82) is 0 Å². The van der Waals surface area contributed by atoms with Gasteiger partial charge in [0, 0.05) is 19.0 Å². The first-order valence-corrected chi connectivity index (χ1v) is 4.59. The van der Waals surface area contributed by atoms with E-state index >= 15 is 0 Å². The highest BCUT2D eigenvalue weighted by Gasteiger charge is 2.32. The Kier molecular flexibility index (Phi) is 1.63. The minimum atomic E-state index is 0.788. The third-order valence-corrected chi connectivity index (χ3v) is 2.80. The third kappa shape index (κ3) is 1.05. The lowest BCUT2D eigenvalue weighted by Gasteiger charge is -2.25. The van der Waals surface area contributed by atoms with Gasteiger partial charge in [0.25, 0.3) is 0 Å². The molecule has 1 atom stereocenters. The van der Waals surface area contributed by atoms with Crippen LogP contribution in [0.1, 0.15) is 26.7 Å². The van der Waals surface area contributed by atoms with E-state index in [1.54, 1.807) is 0 Å². The van der Waals surface area contributed by atoms with E-state index in [0.717, 1.165) is 18.5 Å². The van der Waals surface area contributed by atoms with E-state index in [9.17, 15) is 0 Å². The molecule has 2 aliphatic heterocycles. The molecule has 0 N–H and O–H groups in total. The molecule has 0 aromatic heterocycles. The van der Waals surface area contributed by atoms with Gasteiger partial charge in [0.05, 0.1) is 12.4 Å². The molecule has 1 fully saturated rings. The number of hydrogen-bond acceptors (Lipinski definition) is 2. The summed E-state index contributed by atoms with van der Waals surface area (Å²) in [5.41, 5.74) is 0. The summed E-state index contributed by atoms with van der Waals surface area (Å²) in [6.07, 6.45) is 2.55. The van der Waals surface area contributed by atoms with E-state index in [1.807, 2.05) is 0 Å². The number of fused-ring (bicyclic) bond motifs is 1. The molecule has 1 saturated heterocycles. The number of nitrogens with zero attached hydrogens (tertiary/aromatic N) is 2. The largest absolute Gasteiger partial charge is 0.355 e. The fourth-order valence-electron chi connectivity index (χ4n) is 2.21. The zero-order valence-corrected chi connectivity index (χ0v) is 7.38. The summed E-state index contributed by atoms with van der Waals surface area (Å²) in [6, 6.07) is 0.788. The molecule has 0 amide bonds. The maximum Gasteiger partial charge on any atom is 0.0993 e. The second-order valence-electron chi connectivity index (χ2n) is 3.84. The zero-order chi connectivity index (χ0) is 7.84. The van der Waals surface area contributed by atoms with Gasteiger partial charge < -0.3 is 4.90 Å². The molecule has 11 heavy (non-hydrogen) atoms. The Morgan fingerprint density at radius 1 is 1.55 bits per heavy atom. The van der Waals surface area contributed by atoms with Crippen LogP contribution < -0.4 is 0 Å². The Balaban J connectivity index is 2.11. The molecular formula is C9H16N2. The molecular weight excluding hydrogens is 136 g/mol. The van der Waals surface area contributed by atoms with Gasteiger partial charge in [0.2, 0.25) is 0 Å². The normalized spacial score (nSPS) is 29.5. The van der Waals surface area contributed by atoms with E-state index < -0.39 is 0 Å². The van der Waals surface area contributed by atoms with Gasteiger partial charge in [-0.3, -0.25) is 4.99 Å². The van der Waals surface area contributed by atoms with E-state index in [4.69, 9.17) is 0 Å². The molecule has 2 rings (SSSR count). The van der Waals surface area contributed by atoms with E-state index in [-0.39, 0.29) is 0 Å². The lowest BCUT2D eigenvalue weighted by Crippen LogP contribution is -2.34. The van der Waals surface area contributed by atoms with Crippen LogP contribution in [0.25, 0.3) is 0 Å².